The molecule has 0 fully saturated rings. The van der Waals surface area contributed by atoms with Gasteiger partial charge in [-0.1, -0.05) is 42.5 Å². The predicted octanol–water partition coefficient (Wildman–Crippen LogP) is 2.18. The summed E-state index contributed by atoms with van der Waals surface area (Å²) in [6.45, 7) is 2.22. The molecule has 1 aromatic carbocycles. The van der Waals surface area contributed by atoms with E-state index in [1.54, 1.807) is 6.73 Å². The Bertz CT molecular complexity index is 504. The molecular formula is C14H13NO2Zn. The smallest absolute Gasteiger partial charge is 0.193 e. The molecule has 2 aromatic rings. The summed E-state index contributed by atoms with van der Waals surface area (Å²) in [6, 6.07) is 16.0. The Labute approximate surface area is 119 Å². The average molecular weight is 293 g/mol. The quantitative estimate of drug-likeness (QED) is 0.491. The van der Waals surface area contributed by atoms with Crippen LogP contribution < -0.4 is 4.57 Å². The molecule has 3 nitrogen and oxygen atoms in total. The first kappa shape index (κ1) is 13.2. The minimum absolute atomic E-state index is 0. The third kappa shape index (κ3) is 2.78. The van der Waals surface area contributed by atoms with Crippen LogP contribution in [0.4, 0.5) is 0 Å². The second-order valence-corrected chi connectivity index (χ2v) is 3.90. The Morgan fingerprint density at radius 3 is 2.72 bits per heavy atom. The van der Waals surface area contributed by atoms with Crippen molar-refractivity contribution in [1.82, 2.24) is 0 Å². The molecule has 4 heteroatoms. The number of benzene rings is 1. The van der Waals surface area contributed by atoms with Gasteiger partial charge in [0.15, 0.2) is 13.0 Å². The first-order chi connectivity index (χ1) is 8.43. The number of hydrogen-bond acceptors (Lipinski definition) is 2. The molecule has 1 atom stereocenters. The average Bonchev–Trinajstić information content (AvgIpc) is 2.81. The first-order valence-corrected chi connectivity index (χ1v) is 5.58. The molecule has 1 unspecified atom stereocenters. The van der Waals surface area contributed by atoms with E-state index >= 15 is 0 Å². The van der Waals surface area contributed by atoms with Crippen molar-refractivity contribution in [2.24, 2.45) is 0 Å². The summed E-state index contributed by atoms with van der Waals surface area (Å²) in [7, 11) is 0. The van der Waals surface area contributed by atoms with Gasteiger partial charge in [-0.15, -0.1) is 0 Å². The Hall–Kier alpha value is -1.22. The van der Waals surface area contributed by atoms with Gasteiger partial charge >= 0.3 is 0 Å². The second kappa shape index (κ2) is 6.10. The monoisotopic (exact) mass is 291 g/mol. The largest absolute Gasteiger partial charge is 0.349 e. The fraction of sp³-hybridized carbons (Fsp3) is 0.143. The van der Waals surface area contributed by atoms with E-state index in [0.717, 1.165) is 11.3 Å². The van der Waals surface area contributed by atoms with Crippen molar-refractivity contribution in [1.29, 1.82) is 0 Å². The molecule has 0 spiro atoms. The first-order valence-electron chi connectivity index (χ1n) is 5.58. The normalized spacial score (nSPS) is 16.6. The number of ether oxygens (including phenoxy) is 2. The van der Waals surface area contributed by atoms with Gasteiger partial charge in [0.2, 0.25) is 0 Å². The van der Waals surface area contributed by atoms with Crippen LogP contribution in [0.5, 0.6) is 0 Å². The van der Waals surface area contributed by atoms with Gasteiger partial charge in [0.1, 0.15) is 5.69 Å². The van der Waals surface area contributed by atoms with Gasteiger partial charge in [-0.25, -0.2) is 0 Å². The number of nitrogens with zero attached hydrogens (tertiary/aromatic N) is 1. The van der Waals surface area contributed by atoms with E-state index in [0.29, 0.717) is 6.61 Å². The maximum absolute atomic E-state index is 5.74. The summed E-state index contributed by atoms with van der Waals surface area (Å²) in [5.74, 6) is 0. The fourth-order valence-electron chi connectivity index (χ4n) is 1.83. The molecule has 3 rings (SSSR count). The molecule has 0 saturated heterocycles. The Balaban J connectivity index is 0.00000120. The van der Waals surface area contributed by atoms with E-state index in [1.807, 2.05) is 59.3 Å². The number of rotatable bonds is 3. The van der Waals surface area contributed by atoms with Crippen LogP contribution in [0.25, 0.3) is 0 Å². The maximum atomic E-state index is 5.74. The third-order valence-electron chi connectivity index (χ3n) is 2.71. The van der Waals surface area contributed by atoms with Gasteiger partial charge in [0.25, 0.3) is 0 Å². The van der Waals surface area contributed by atoms with Crippen molar-refractivity contribution in [3.8, 4) is 0 Å². The van der Waals surface area contributed by atoms with Gasteiger partial charge in [-0.3, -0.25) is 0 Å². The van der Waals surface area contributed by atoms with Crippen molar-refractivity contribution in [2.45, 2.75) is 12.9 Å². The fourth-order valence-corrected chi connectivity index (χ4v) is 1.83. The maximum Gasteiger partial charge on any atom is 0.193 e. The Morgan fingerprint density at radius 1 is 1.11 bits per heavy atom. The van der Waals surface area contributed by atoms with Gasteiger partial charge < -0.3 is 14.0 Å². The molecule has 2 heterocycles. The van der Waals surface area contributed by atoms with Crippen LogP contribution in [0.2, 0.25) is 0 Å². The second-order valence-electron chi connectivity index (χ2n) is 3.90. The van der Waals surface area contributed by atoms with Gasteiger partial charge in [-0.2, -0.15) is 0 Å². The molecule has 0 amide bonds. The number of fused-ring (bicyclic) bond motifs is 1. The summed E-state index contributed by atoms with van der Waals surface area (Å²) in [4.78, 5) is 0. The van der Waals surface area contributed by atoms with Crippen LogP contribution in [0, 0.1) is 6.73 Å². The molecule has 88 valence electrons. The molecule has 1 aliphatic rings. The van der Waals surface area contributed by atoms with Gasteiger partial charge in [0.05, 0.1) is 12.8 Å². The van der Waals surface area contributed by atoms with Gasteiger partial charge in [0, 0.05) is 19.5 Å². The molecule has 0 N–H and O–H groups in total. The predicted molar refractivity (Wildman–Crippen MR) is 61.4 cm³/mol. The summed E-state index contributed by atoms with van der Waals surface area (Å²) < 4.78 is 13.1. The standard InChI is InChI=1S/C14H13NO2.Zn/c1-2-6-12(7-3-1)10-16-14-13-8-4-5-9-15(13)11-17-14;/h1-9,11,14H,10H2;. The van der Waals surface area contributed by atoms with Crippen LogP contribution in [0.15, 0.2) is 54.7 Å². The SMILES string of the molecule is [Zn].c1ccc(COC2O[CH-][n+]3ccccc32)cc1. The molecule has 1 aliphatic heterocycles. The van der Waals surface area contributed by atoms with Crippen LogP contribution in [0.3, 0.4) is 0 Å². The van der Waals surface area contributed by atoms with Crippen molar-refractivity contribution in [2.75, 3.05) is 0 Å². The Morgan fingerprint density at radius 2 is 1.89 bits per heavy atom. The van der Waals surface area contributed by atoms with E-state index in [4.69, 9.17) is 9.47 Å². The zero-order chi connectivity index (χ0) is 11.5. The Kier molecular flexibility index (Phi) is 4.48. The molecule has 18 heavy (non-hydrogen) atoms. The van der Waals surface area contributed by atoms with Crippen molar-refractivity contribution in [3.05, 3.63) is 72.7 Å². The summed E-state index contributed by atoms with van der Waals surface area (Å²) in [5.41, 5.74) is 2.16. The molecule has 1 aromatic heterocycles. The zero-order valence-corrected chi connectivity index (χ0v) is 13.0. The van der Waals surface area contributed by atoms with Crippen LogP contribution in [0.1, 0.15) is 17.5 Å². The zero-order valence-electron chi connectivity index (χ0n) is 10.0. The topological polar surface area (TPSA) is 22.3 Å². The van der Waals surface area contributed by atoms with E-state index in [-0.39, 0.29) is 25.8 Å². The molecule has 0 radical (unpaired) electrons. The van der Waals surface area contributed by atoms with E-state index in [2.05, 4.69) is 0 Å². The van der Waals surface area contributed by atoms with Crippen molar-refractivity contribution in [3.63, 3.8) is 0 Å². The van der Waals surface area contributed by atoms with Crippen molar-refractivity contribution < 1.29 is 33.5 Å². The van der Waals surface area contributed by atoms with E-state index in [9.17, 15) is 0 Å². The van der Waals surface area contributed by atoms with Crippen LogP contribution >= 0.6 is 0 Å². The van der Waals surface area contributed by atoms with E-state index in [1.165, 1.54) is 0 Å². The number of hydrogen-bond donors (Lipinski definition) is 0. The van der Waals surface area contributed by atoms with Gasteiger partial charge in [-0.05, 0) is 11.6 Å². The summed E-state index contributed by atoms with van der Waals surface area (Å²) >= 11 is 0. The molecule has 0 bridgehead atoms. The third-order valence-corrected chi connectivity index (χ3v) is 2.71. The molecule has 0 saturated carbocycles. The number of aromatic nitrogens is 1. The summed E-state index contributed by atoms with van der Waals surface area (Å²) in [5, 5.41) is 0. The van der Waals surface area contributed by atoms with Crippen LogP contribution in [-0.2, 0) is 35.6 Å². The minimum atomic E-state index is -0.309. The summed E-state index contributed by atoms with van der Waals surface area (Å²) in [6.07, 6.45) is 1.64. The van der Waals surface area contributed by atoms with E-state index < -0.39 is 0 Å². The molecular weight excluding hydrogens is 280 g/mol. The minimum Gasteiger partial charge on any atom is -0.349 e. The number of pyridine rings is 1. The van der Waals surface area contributed by atoms with Crippen molar-refractivity contribution >= 4 is 0 Å². The molecule has 0 aliphatic carbocycles. The van der Waals surface area contributed by atoms with Crippen LogP contribution in [-0.4, -0.2) is 0 Å².